The Morgan fingerprint density at radius 1 is 1.28 bits per heavy atom. The number of esters is 1. The van der Waals surface area contributed by atoms with Gasteiger partial charge in [0.2, 0.25) is 0 Å². The van der Waals surface area contributed by atoms with Crippen LogP contribution in [0.5, 0.6) is 0 Å². The largest absolute Gasteiger partial charge is 0.469 e. The summed E-state index contributed by atoms with van der Waals surface area (Å²) in [6, 6.07) is 6.53. The number of non-ortho nitro benzene ring substituents is 1. The van der Waals surface area contributed by atoms with Crippen LogP contribution < -0.4 is 4.41 Å². The van der Waals surface area contributed by atoms with Gasteiger partial charge in [0.25, 0.3) is 5.69 Å². The van der Waals surface area contributed by atoms with Crippen molar-refractivity contribution < 1.29 is 14.5 Å². The summed E-state index contributed by atoms with van der Waals surface area (Å²) in [6.45, 7) is 6.59. The van der Waals surface area contributed by atoms with E-state index in [1.54, 1.807) is 12.1 Å². The number of rotatable bonds is 7. The van der Waals surface area contributed by atoms with E-state index in [4.69, 9.17) is 9.84 Å². The van der Waals surface area contributed by atoms with Crippen molar-refractivity contribution >= 4 is 48.4 Å². The molecule has 1 aromatic rings. The van der Waals surface area contributed by atoms with Crippen LogP contribution in [0.4, 0.5) is 11.4 Å². The van der Waals surface area contributed by atoms with E-state index >= 15 is 0 Å². The first-order valence-electron chi connectivity index (χ1n) is 9.42. The fourth-order valence-corrected chi connectivity index (χ4v) is 7.60. The highest BCUT2D eigenvalue weighted by atomic mass is 33.1. The average Bonchev–Trinajstić information content (AvgIpc) is 3.25. The van der Waals surface area contributed by atoms with Gasteiger partial charge in [0.1, 0.15) is 0 Å². The number of unbranched alkanes of at least 4 members (excludes halogenated alkanes) is 1. The highest BCUT2D eigenvalue weighted by Gasteiger charge is 2.34. The van der Waals surface area contributed by atoms with Crippen LogP contribution in [0.25, 0.3) is 0 Å². The van der Waals surface area contributed by atoms with Crippen molar-refractivity contribution in [3.05, 3.63) is 45.4 Å². The van der Waals surface area contributed by atoms with Gasteiger partial charge >= 0.3 is 5.97 Å². The third-order valence-electron chi connectivity index (χ3n) is 4.56. The molecule has 0 spiro atoms. The minimum Gasteiger partial charge on any atom is -0.469 e. The SMILES string of the molecule is COC(=O)CCCCC1=NN(c2ccc([N+](=O)[O-])cc2)S2=C1C=C(C(C)(C)C)S2. The maximum atomic E-state index is 11.3. The lowest BCUT2D eigenvalue weighted by atomic mass is 9.94. The Balaban J connectivity index is 1.81. The minimum atomic E-state index is -0.396. The molecule has 0 saturated heterocycles. The van der Waals surface area contributed by atoms with E-state index in [1.165, 1.54) is 29.0 Å². The molecule has 0 saturated carbocycles. The highest BCUT2D eigenvalue weighted by Crippen LogP contribution is 2.56. The van der Waals surface area contributed by atoms with Crippen molar-refractivity contribution in [1.82, 2.24) is 0 Å². The molecule has 1 unspecified atom stereocenters. The van der Waals surface area contributed by atoms with Crippen molar-refractivity contribution in [2.75, 3.05) is 11.5 Å². The van der Waals surface area contributed by atoms with Gasteiger partial charge in [-0.3, -0.25) is 14.9 Å². The predicted molar refractivity (Wildman–Crippen MR) is 121 cm³/mol. The second kappa shape index (κ2) is 8.71. The summed E-state index contributed by atoms with van der Waals surface area (Å²) in [5.74, 6) is -0.190. The molecule has 156 valence electrons. The van der Waals surface area contributed by atoms with Gasteiger partial charge in [-0.1, -0.05) is 20.8 Å². The van der Waals surface area contributed by atoms with E-state index < -0.39 is 4.92 Å². The Morgan fingerprint density at radius 3 is 2.55 bits per heavy atom. The number of ether oxygens (including phenoxy) is 1. The van der Waals surface area contributed by atoms with Gasteiger partial charge in [0.05, 0.1) is 28.3 Å². The Bertz CT molecular complexity index is 915. The molecule has 2 heterocycles. The number of hydrogen-bond donors (Lipinski definition) is 0. The zero-order valence-corrected chi connectivity index (χ0v) is 18.6. The van der Waals surface area contributed by atoms with Gasteiger partial charge in [-0.25, -0.2) is 4.41 Å². The molecule has 0 radical (unpaired) electrons. The molecule has 1 atom stereocenters. The van der Waals surface area contributed by atoms with Crippen LogP contribution in [0.3, 0.4) is 0 Å². The Kier molecular flexibility index (Phi) is 6.48. The quantitative estimate of drug-likeness (QED) is 0.141. The van der Waals surface area contributed by atoms with Crippen molar-refractivity contribution in [1.29, 1.82) is 0 Å². The first kappa shape index (κ1) is 21.6. The van der Waals surface area contributed by atoms with Crippen molar-refractivity contribution in [2.45, 2.75) is 46.5 Å². The monoisotopic (exact) mass is 435 g/mol. The van der Waals surface area contributed by atoms with Crippen molar-refractivity contribution in [3.63, 3.8) is 0 Å². The van der Waals surface area contributed by atoms with Crippen LogP contribution in [0, 0.1) is 15.5 Å². The molecule has 9 heteroatoms. The molecule has 0 aromatic heterocycles. The first-order chi connectivity index (χ1) is 13.7. The standard InChI is InChI=1S/C20H25N3O4S2/c1-20(2,3)18-13-17-16(7-5-6-8-19(24)27-4)21-22(29(17)28-18)14-9-11-15(12-10-14)23(25)26/h9-13H,5-8H2,1-4H3. The number of nitro groups is 1. The van der Waals surface area contributed by atoms with Gasteiger partial charge in [-0.15, -0.1) is 0 Å². The molecule has 0 N–H and O–H groups in total. The summed E-state index contributed by atoms with van der Waals surface area (Å²) in [7, 11) is 2.93. The summed E-state index contributed by atoms with van der Waals surface area (Å²) in [5.41, 5.74) is 1.99. The Hall–Kier alpha value is -2.13. The topological polar surface area (TPSA) is 85.0 Å². The molecule has 3 rings (SSSR count). The van der Waals surface area contributed by atoms with Gasteiger partial charge < -0.3 is 4.74 Å². The molecule has 0 bridgehead atoms. The van der Waals surface area contributed by atoms with E-state index in [0.29, 0.717) is 6.42 Å². The van der Waals surface area contributed by atoms with E-state index in [9.17, 15) is 14.9 Å². The van der Waals surface area contributed by atoms with Crippen LogP contribution in [-0.2, 0) is 9.53 Å². The second-order valence-electron chi connectivity index (χ2n) is 7.83. The van der Waals surface area contributed by atoms with E-state index in [0.717, 1.165) is 30.7 Å². The van der Waals surface area contributed by atoms with Crippen LogP contribution in [-0.4, -0.2) is 28.6 Å². The highest BCUT2D eigenvalue weighted by molar-refractivity contribution is 8.86. The molecular weight excluding hydrogens is 410 g/mol. The number of hydrazone groups is 1. The molecule has 0 aliphatic carbocycles. The maximum Gasteiger partial charge on any atom is 0.305 e. The summed E-state index contributed by atoms with van der Waals surface area (Å²) >= 11 is 0. The summed E-state index contributed by atoms with van der Waals surface area (Å²) in [5, 5.41) is 15.8. The summed E-state index contributed by atoms with van der Waals surface area (Å²) < 4.78 is 6.68. The minimum absolute atomic E-state index is 0.0478. The van der Waals surface area contributed by atoms with Gasteiger partial charge in [0.15, 0.2) is 0 Å². The van der Waals surface area contributed by atoms with Crippen LogP contribution in [0.15, 0.2) is 40.3 Å². The summed E-state index contributed by atoms with van der Waals surface area (Å²) in [6.07, 6.45) is 5.06. The zero-order chi connectivity index (χ0) is 21.2. The lowest BCUT2D eigenvalue weighted by molar-refractivity contribution is -0.384. The van der Waals surface area contributed by atoms with E-state index in [1.807, 2.05) is 15.2 Å². The van der Waals surface area contributed by atoms with Crippen molar-refractivity contribution in [3.8, 4) is 0 Å². The maximum absolute atomic E-state index is 11.3. The fraction of sp³-hybridized carbons (Fsp3) is 0.450. The number of methoxy groups -OCH3 is 1. The molecule has 29 heavy (non-hydrogen) atoms. The molecule has 0 amide bonds. The third-order valence-corrected chi connectivity index (χ3v) is 8.94. The Labute approximate surface area is 176 Å². The average molecular weight is 436 g/mol. The van der Waals surface area contributed by atoms with Crippen LogP contribution in [0.1, 0.15) is 46.5 Å². The second-order valence-corrected chi connectivity index (χ2v) is 11.2. The normalized spacial score (nSPS) is 18.4. The van der Waals surface area contributed by atoms with E-state index in [-0.39, 0.29) is 26.8 Å². The lowest BCUT2D eigenvalue weighted by Crippen LogP contribution is -2.11. The smallest absolute Gasteiger partial charge is 0.305 e. The molecular formula is C20H25N3O4S2. The van der Waals surface area contributed by atoms with Gasteiger partial charge in [-0.05, 0) is 53.7 Å². The molecule has 2 aliphatic rings. The number of carbonyl (C=O) groups is 1. The number of allylic oxidation sites excluding steroid dienone is 2. The zero-order valence-electron chi connectivity index (χ0n) is 17.0. The fourth-order valence-electron chi connectivity index (χ4n) is 2.87. The predicted octanol–water partition coefficient (Wildman–Crippen LogP) is 5.45. The third kappa shape index (κ3) is 4.90. The number of anilines is 1. The van der Waals surface area contributed by atoms with Gasteiger partial charge in [0, 0.05) is 33.2 Å². The van der Waals surface area contributed by atoms with Crippen LogP contribution >= 0.6 is 20.5 Å². The lowest BCUT2D eigenvalue weighted by Gasteiger charge is -2.23. The summed E-state index contributed by atoms with van der Waals surface area (Å²) in [4.78, 5) is 24.4. The molecule has 1 aromatic carbocycles. The molecule has 7 nitrogen and oxygen atoms in total. The van der Waals surface area contributed by atoms with E-state index in [2.05, 4.69) is 26.8 Å². The number of carbonyl (C=O) groups excluding carboxylic acids is 1. The number of nitrogens with zero attached hydrogens (tertiary/aromatic N) is 3. The first-order valence-corrected chi connectivity index (χ1v) is 11.9. The Morgan fingerprint density at radius 2 is 1.97 bits per heavy atom. The molecule has 2 aliphatic heterocycles. The number of hydrogen-bond acceptors (Lipinski definition) is 7. The number of benzene rings is 1. The van der Waals surface area contributed by atoms with Crippen molar-refractivity contribution in [2.24, 2.45) is 10.5 Å². The van der Waals surface area contributed by atoms with Gasteiger partial charge in [-0.2, -0.15) is 5.10 Å². The van der Waals surface area contributed by atoms with Crippen LogP contribution in [0.2, 0.25) is 0 Å². The number of nitro benzene ring substituents is 1. The molecule has 0 fully saturated rings.